The first kappa shape index (κ1) is 33.2. The Balaban J connectivity index is 1.20. The molecule has 4 rings (SSSR count). The number of nitrogens with zero attached hydrogens (tertiary/aromatic N) is 2. The van der Waals surface area contributed by atoms with Gasteiger partial charge in [0.2, 0.25) is 11.8 Å². The lowest BCUT2D eigenvalue weighted by molar-refractivity contribution is -0.138. The molecule has 0 aliphatic rings. The number of esters is 3. The number of rotatable bonds is 18. The highest BCUT2D eigenvalue weighted by Crippen LogP contribution is 2.27. The normalized spacial score (nSPS) is 10.4. The molecule has 0 spiro atoms. The molecule has 11 nitrogen and oxygen atoms in total. The number of ether oxygens (including phenoxy) is 5. The molecule has 0 unspecified atom stereocenters. The van der Waals surface area contributed by atoms with E-state index >= 15 is 0 Å². The Hall–Kier alpha value is -5.71. The maximum atomic E-state index is 12.6. The van der Waals surface area contributed by atoms with E-state index in [2.05, 4.69) is 23.4 Å². The second-order valence-electron chi connectivity index (χ2n) is 9.73. The number of carbonyl (C=O) groups excluding carboxylic acids is 3. The summed E-state index contributed by atoms with van der Waals surface area (Å²) in [5.41, 5.74) is 1.77. The van der Waals surface area contributed by atoms with Crippen LogP contribution in [0.15, 0.2) is 103 Å². The van der Waals surface area contributed by atoms with Gasteiger partial charge in [0.15, 0.2) is 0 Å². The second-order valence-corrected chi connectivity index (χ2v) is 9.73. The first-order valence-corrected chi connectivity index (χ1v) is 14.7. The maximum absolute atomic E-state index is 12.6. The van der Waals surface area contributed by atoms with Crippen molar-refractivity contribution in [2.75, 3.05) is 26.4 Å². The number of hydrogen-bond donors (Lipinski definition) is 0. The van der Waals surface area contributed by atoms with Gasteiger partial charge in [-0.25, -0.2) is 14.4 Å². The number of unbranched alkanes of at least 4 members (excludes halogenated alkanes) is 2. The number of carbonyl (C=O) groups is 3. The zero-order valence-corrected chi connectivity index (χ0v) is 25.2. The molecule has 1 aromatic heterocycles. The van der Waals surface area contributed by atoms with Crippen molar-refractivity contribution >= 4 is 17.9 Å². The van der Waals surface area contributed by atoms with Crippen molar-refractivity contribution in [2.24, 2.45) is 0 Å². The van der Waals surface area contributed by atoms with Crippen LogP contribution < -0.4 is 14.2 Å². The highest BCUT2D eigenvalue weighted by Gasteiger charge is 2.13. The van der Waals surface area contributed by atoms with E-state index in [1.165, 1.54) is 0 Å². The summed E-state index contributed by atoms with van der Waals surface area (Å²) in [6, 6.07) is 20.7. The lowest BCUT2D eigenvalue weighted by atomic mass is 10.2. The van der Waals surface area contributed by atoms with Crippen LogP contribution in [0.4, 0.5) is 0 Å². The molecule has 4 aromatic rings. The van der Waals surface area contributed by atoms with Crippen LogP contribution in [0.1, 0.15) is 36.0 Å². The maximum Gasteiger partial charge on any atom is 0.343 e. The van der Waals surface area contributed by atoms with Gasteiger partial charge in [-0.15, -0.1) is 10.2 Å². The summed E-state index contributed by atoms with van der Waals surface area (Å²) >= 11 is 0. The average Bonchev–Trinajstić information content (AvgIpc) is 3.59. The predicted octanol–water partition coefficient (Wildman–Crippen LogP) is 6.40. The third-order valence-corrected chi connectivity index (χ3v) is 6.36. The van der Waals surface area contributed by atoms with E-state index in [1.54, 1.807) is 48.5 Å². The van der Waals surface area contributed by atoms with E-state index < -0.39 is 17.9 Å². The summed E-state index contributed by atoms with van der Waals surface area (Å²) in [7, 11) is 0. The van der Waals surface area contributed by atoms with E-state index in [4.69, 9.17) is 28.1 Å². The summed E-state index contributed by atoms with van der Waals surface area (Å²) in [6.45, 7) is 8.28. The summed E-state index contributed by atoms with van der Waals surface area (Å²) in [5, 5.41) is 8.29. The Morgan fingerprint density at radius 1 is 0.587 bits per heavy atom. The fraction of sp³-hybridized carbons (Fsp3) is 0.229. The molecule has 0 N–H and O–H groups in total. The summed E-state index contributed by atoms with van der Waals surface area (Å²) in [4.78, 5) is 34.7. The monoisotopic (exact) mass is 626 g/mol. The van der Waals surface area contributed by atoms with Crippen molar-refractivity contribution in [1.82, 2.24) is 10.2 Å². The van der Waals surface area contributed by atoms with Gasteiger partial charge < -0.3 is 28.1 Å². The summed E-state index contributed by atoms with van der Waals surface area (Å²) < 4.78 is 32.6. The van der Waals surface area contributed by atoms with Gasteiger partial charge >= 0.3 is 17.9 Å². The van der Waals surface area contributed by atoms with Crippen LogP contribution in [0.3, 0.4) is 0 Å². The van der Waals surface area contributed by atoms with Gasteiger partial charge in [0.1, 0.15) is 17.2 Å². The minimum atomic E-state index is -0.509. The third-order valence-electron chi connectivity index (χ3n) is 6.36. The lowest BCUT2D eigenvalue weighted by Crippen LogP contribution is -2.08. The fourth-order valence-corrected chi connectivity index (χ4v) is 3.92. The minimum absolute atomic E-state index is 0.309. The van der Waals surface area contributed by atoms with Gasteiger partial charge in [-0.2, -0.15) is 0 Å². The number of benzene rings is 3. The van der Waals surface area contributed by atoms with E-state index in [0.717, 1.165) is 24.1 Å². The van der Waals surface area contributed by atoms with Crippen LogP contribution in [0.2, 0.25) is 0 Å². The number of hydrogen-bond acceptors (Lipinski definition) is 11. The summed E-state index contributed by atoms with van der Waals surface area (Å²) in [5.74, 6) is 0.956. The predicted molar refractivity (Wildman–Crippen MR) is 168 cm³/mol. The van der Waals surface area contributed by atoms with Crippen LogP contribution in [0.25, 0.3) is 22.9 Å². The molecule has 238 valence electrons. The van der Waals surface area contributed by atoms with Gasteiger partial charge in [0.05, 0.1) is 32.0 Å². The van der Waals surface area contributed by atoms with Crippen molar-refractivity contribution in [3.63, 3.8) is 0 Å². The molecule has 3 aromatic carbocycles. The zero-order valence-electron chi connectivity index (χ0n) is 25.2. The van der Waals surface area contributed by atoms with Crippen LogP contribution >= 0.6 is 0 Å². The molecule has 0 atom stereocenters. The Morgan fingerprint density at radius 2 is 1.00 bits per heavy atom. The number of aromatic nitrogens is 2. The van der Waals surface area contributed by atoms with Crippen molar-refractivity contribution in [1.29, 1.82) is 0 Å². The molecule has 0 fully saturated rings. The van der Waals surface area contributed by atoms with Gasteiger partial charge in [-0.05, 0) is 98.5 Å². The smallest absolute Gasteiger partial charge is 0.343 e. The molecule has 0 amide bonds. The SMILES string of the molecule is C=CC(=O)OCCCCOc1ccc(C(=O)Oc2ccc(-c3nnc(-c4ccc(OCCCCOC(=O)C=C)cc4)o3)cc2)cc1. The molecular formula is C35H34N2O9. The molecule has 0 aliphatic carbocycles. The molecule has 0 radical (unpaired) electrons. The van der Waals surface area contributed by atoms with Crippen molar-refractivity contribution in [3.05, 3.63) is 104 Å². The van der Waals surface area contributed by atoms with E-state index in [0.29, 0.717) is 85.8 Å². The largest absolute Gasteiger partial charge is 0.494 e. The molecular weight excluding hydrogens is 592 g/mol. The standard InChI is InChI=1S/C35H34N2O9/c1-3-31(38)43-23-7-5-21-41-28-15-9-25(10-16-28)33-36-37-34(46-33)26-11-19-30(20-12-26)45-35(40)27-13-17-29(18-14-27)42-22-6-8-24-44-32(39)4-2/h3-4,9-20H,1-2,5-8,21-24H2. The lowest BCUT2D eigenvalue weighted by Gasteiger charge is -2.08. The highest BCUT2D eigenvalue weighted by atomic mass is 16.5. The zero-order chi connectivity index (χ0) is 32.6. The third kappa shape index (κ3) is 10.5. The Morgan fingerprint density at radius 3 is 1.46 bits per heavy atom. The van der Waals surface area contributed by atoms with Gasteiger partial charge in [-0.1, -0.05) is 13.2 Å². The molecule has 0 saturated heterocycles. The van der Waals surface area contributed by atoms with Gasteiger partial charge in [0.25, 0.3) is 0 Å². The van der Waals surface area contributed by atoms with Crippen LogP contribution in [-0.2, 0) is 19.1 Å². The molecule has 11 heteroatoms. The van der Waals surface area contributed by atoms with Crippen LogP contribution in [-0.4, -0.2) is 54.5 Å². The Labute approximate surface area is 266 Å². The topological polar surface area (TPSA) is 136 Å². The van der Waals surface area contributed by atoms with Gasteiger partial charge in [-0.3, -0.25) is 0 Å². The average molecular weight is 627 g/mol. The molecule has 0 aliphatic heterocycles. The molecule has 0 saturated carbocycles. The first-order chi connectivity index (χ1) is 22.4. The quantitative estimate of drug-likeness (QED) is 0.0525. The highest BCUT2D eigenvalue weighted by molar-refractivity contribution is 5.91. The van der Waals surface area contributed by atoms with Crippen molar-refractivity contribution < 1.29 is 42.5 Å². The summed E-state index contributed by atoms with van der Waals surface area (Å²) in [6.07, 6.45) is 5.07. The van der Waals surface area contributed by atoms with Crippen molar-refractivity contribution in [3.8, 4) is 40.2 Å². The first-order valence-electron chi connectivity index (χ1n) is 14.7. The fourth-order valence-electron chi connectivity index (χ4n) is 3.92. The van der Waals surface area contributed by atoms with E-state index in [-0.39, 0.29) is 0 Å². The Bertz CT molecular complexity index is 1590. The molecule has 0 bridgehead atoms. The minimum Gasteiger partial charge on any atom is -0.494 e. The van der Waals surface area contributed by atoms with Crippen molar-refractivity contribution in [2.45, 2.75) is 25.7 Å². The second kappa shape index (κ2) is 17.6. The molecule has 46 heavy (non-hydrogen) atoms. The molecule has 1 heterocycles. The van der Waals surface area contributed by atoms with Gasteiger partial charge in [0, 0.05) is 23.3 Å². The van der Waals surface area contributed by atoms with E-state index in [9.17, 15) is 14.4 Å². The van der Waals surface area contributed by atoms with Crippen LogP contribution in [0.5, 0.6) is 17.2 Å². The van der Waals surface area contributed by atoms with Crippen LogP contribution in [0, 0.1) is 0 Å². The Kier molecular flexibility index (Phi) is 12.7. The van der Waals surface area contributed by atoms with E-state index in [1.807, 2.05) is 24.3 Å².